The molecule has 0 aliphatic carbocycles. The minimum Gasteiger partial charge on any atom is -0.247 e. The third-order valence-electron chi connectivity index (χ3n) is 6.58. The number of rotatable bonds is 21. The van der Waals surface area contributed by atoms with Crippen LogP contribution in [0.25, 0.3) is 0 Å². The zero-order valence-electron chi connectivity index (χ0n) is 20.3. The fraction of sp³-hybridized carbons (Fsp3) is 0.889. The molecule has 0 bridgehead atoms. The molecule has 0 unspecified atom stereocenters. The quantitative estimate of drug-likeness (QED) is 0.156. The van der Waals surface area contributed by atoms with Crippen molar-refractivity contribution in [2.24, 2.45) is 0 Å². The number of hydrogen-bond acceptors (Lipinski definition) is 0. The Balaban J connectivity index is 2.04. The second kappa shape index (κ2) is 19.2. The summed E-state index contributed by atoms with van der Waals surface area (Å²) in [5.74, 6) is 2.20. The predicted octanol–water partition coefficient (Wildman–Crippen LogP) is 8.86. The molecule has 1 heterocycles. The molecule has 0 amide bonds. The van der Waals surface area contributed by atoms with Crippen molar-refractivity contribution in [2.75, 3.05) is 0 Å². The van der Waals surface area contributed by atoms with Crippen molar-refractivity contribution in [1.29, 1.82) is 0 Å². The van der Waals surface area contributed by atoms with Gasteiger partial charge in [-0.05, 0) is 19.8 Å². The number of unbranched alkanes of at least 4 members (excludes halogenated alkanes) is 15. The summed E-state index contributed by atoms with van der Waals surface area (Å²) < 4.78 is 2.42. The molecular weight excluding hydrogens is 352 g/mol. The van der Waals surface area contributed by atoms with Gasteiger partial charge in [-0.15, -0.1) is 0 Å². The molecule has 0 radical (unpaired) electrons. The summed E-state index contributed by atoms with van der Waals surface area (Å²) in [4.78, 5) is 3.55. The van der Waals surface area contributed by atoms with E-state index in [1.165, 1.54) is 128 Å². The normalized spacial score (nSPS) is 12.5. The van der Waals surface area contributed by atoms with Crippen LogP contribution in [0, 0.1) is 0 Å². The van der Waals surface area contributed by atoms with E-state index in [1.807, 2.05) is 0 Å². The van der Waals surface area contributed by atoms with Crippen LogP contribution in [-0.4, -0.2) is 4.98 Å². The van der Waals surface area contributed by atoms with Crippen molar-refractivity contribution in [2.45, 2.75) is 155 Å². The molecule has 0 aliphatic rings. The Morgan fingerprint density at radius 1 is 0.621 bits per heavy atom. The SMILES string of the molecule is CCCCCCCCCCCCCCCC[C@H](CCCCC)c1[nH]cc[n+]1CC. The summed E-state index contributed by atoms with van der Waals surface area (Å²) in [5.41, 5.74) is 0. The zero-order valence-corrected chi connectivity index (χ0v) is 20.3. The summed E-state index contributed by atoms with van der Waals surface area (Å²) in [6.45, 7) is 7.95. The van der Waals surface area contributed by atoms with Gasteiger partial charge < -0.3 is 0 Å². The standard InChI is InChI=1S/C27H52N2/c1-4-7-9-10-11-12-13-14-15-16-17-18-19-21-23-26(22-20-8-5-2)27-28-24-25-29(27)6-3/h24-26H,4-23H2,1-3H3/p+1/t26-/m0/s1. The molecule has 0 fully saturated rings. The van der Waals surface area contributed by atoms with Gasteiger partial charge in [0.25, 0.3) is 5.82 Å². The number of imidazole rings is 1. The Morgan fingerprint density at radius 2 is 1.03 bits per heavy atom. The Kier molecular flexibility index (Phi) is 17.4. The van der Waals surface area contributed by atoms with Crippen LogP contribution in [0.3, 0.4) is 0 Å². The summed E-state index contributed by atoms with van der Waals surface area (Å²) in [6.07, 6.45) is 31.4. The molecule has 1 N–H and O–H groups in total. The van der Waals surface area contributed by atoms with Crippen molar-refractivity contribution in [3.8, 4) is 0 Å². The highest BCUT2D eigenvalue weighted by Gasteiger charge is 2.21. The molecule has 2 nitrogen and oxygen atoms in total. The Hall–Kier alpha value is -0.790. The van der Waals surface area contributed by atoms with E-state index in [0.717, 1.165) is 12.5 Å². The van der Waals surface area contributed by atoms with Crippen molar-refractivity contribution in [3.05, 3.63) is 18.2 Å². The van der Waals surface area contributed by atoms with Gasteiger partial charge in [0, 0.05) is 0 Å². The molecule has 29 heavy (non-hydrogen) atoms. The fourth-order valence-electron chi connectivity index (χ4n) is 4.65. The van der Waals surface area contributed by atoms with E-state index >= 15 is 0 Å². The average Bonchev–Trinajstić information content (AvgIpc) is 3.21. The predicted molar refractivity (Wildman–Crippen MR) is 128 cm³/mol. The van der Waals surface area contributed by atoms with Crippen LogP contribution in [0.4, 0.5) is 0 Å². The molecule has 2 heteroatoms. The minimum absolute atomic E-state index is 0.730. The van der Waals surface area contributed by atoms with Crippen molar-refractivity contribution in [1.82, 2.24) is 4.98 Å². The molecule has 0 saturated heterocycles. The van der Waals surface area contributed by atoms with Gasteiger partial charge in [-0.1, -0.05) is 123 Å². The molecule has 0 spiro atoms. The number of H-pyrrole nitrogens is 1. The van der Waals surface area contributed by atoms with Crippen molar-refractivity contribution < 1.29 is 4.57 Å². The molecular formula is C27H53N2+. The van der Waals surface area contributed by atoms with E-state index in [2.05, 4.69) is 42.7 Å². The first kappa shape index (κ1) is 26.2. The van der Waals surface area contributed by atoms with E-state index in [4.69, 9.17) is 0 Å². The lowest BCUT2D eigenvalue weighted by Gasteiger charge is -2.13. The maximum Gasteiger partial charge on any atom is 0.257 e. The van der Waals surface area contributed by atoms with Gasteiger partial charge in [0.05, 0.1) is 12.5 Å². The number of nitrogens with one attached hydrogen (secondary N) is 1. The Labute approximate surface area is 183 Å². The van der Waals surface area contributed by atoms with Gasteiger partial charge in [0.2, 0.25) is 0 Å². The van der Waals surface area contributed by atoms with E-state index in [1.54, 1.807) is 0 Å². The number of aryl methyl sites for hydroxylation is 1. The van der Waals surface area contributed by atoms with Gasteiger partial charge >= 0.3 is 0 Å². The third kappa shape index (κ3) is 13.2. The van der Waals surface area contributed by atoms with Crippen molar-refractivity contribution in [3.63, 3.8) is 0 Å². The largest absolute Gasteiger partial charge is 0.257 e. The van der Waals surface area contributed by atoms with Crippen LogP contribution in [-0.2, 0) is 6.54 Å². The van der Waals surface area contributed by atoms with E-state index in [9.17, 15) is 0 Å². The van der Waals surface area contributed by atoms with E-state index in [0.29, 0.717) is 0 Å². The lowest BCUT2D eigenvalue weighted by molar-refractivity contribution is -0.701. The molecule has 1 aromatic rings. The monoisotopic (exact) mass is 405 g/mol. The van der Waals surface area contributed by atoms with Gasteiger partial charge in [0.1, 0.15) is 12.4 Å². The highest BCUT2D eigenvalue weighted by Crippen LogP contribution is 2.25. The molecule has 0 aliphatic heterocycles. The van der Waals surface area contributed by atoms with Gasteiger partial charge in [-0.25, -0.2) is 9.55 Å². The number of hydrogen-bond donors (Lipinski definition) is 1. The van der Waals surface area contributed by atoms with Gasteiger partial charge in [-0.2, -0.15) is 0 Å². The highest BCUT2D eigenvalue weighted by molar-refractivity contribution is 4.89. The van der Waals surface area contributed by atoms with Crippen LogP contribution < -0.4 is 4.57 Å². The van der Waals surface area contributed by atoms with Crippen LogP contribution in [0.1, 0.15) is 155 Å². The Morgan fingerprint density at radius 3 is 1.52 bits per heavy atom. The molecule has 1 aromatic heterocycles. The molecule has 1 rings (SSSR count). The fourth-order valence-corrected chi connectivity index (χ4v) is 4.65. The highest BCUT2D eigenvalue weighted by atomic mass is 15.1. The smallest absolute Gasteiger partial charge is 0.247 e. The van der Waals surface area contributed by atoms with E-state index < -0.39 is 0 Å². The molecule has 0 aromatic carbocycles. The number of aromatic nitrogens is 2. The van der Waals surface area contributed by atoms with Crippen LogP contribution in [0.5, 0.6) is 0 Å². The summed E-state index contributed by atoms with van der Waals surface area (Å²) in [6, 6.07) is 0. The summed E-state index contributed by atoms with van der Waals surface area (Å²) >= 11 is 0. The second-order valence-electron chi connectivity index (χ2n) is 9.21. The summed E-state index contributed by atoms with van der Waals surface area (Å²) in [5, 5.41) is 0. The molecule has 0 saturated carbocycles. The zero-order chi connectivity index (χ0) is 21.0. The van der Waals surface area contributed by atoms with E-state index in [-0.39, 0.29) is 0 Å². The van der Waals surface area contributed by atoms with Crippen LogP contribution in [0.15, 0.2) is 12.4 Å². The summed E-state index contributed by atoms with van der Waals surface area (Å²) in [7, 11) is 0. The lowest BCUT2D eigenvalue weighted by atomic mass is 9.93. The minimum atomic E-state index is 0.730. The Bertz CT molecular complexity index is 451. The topological polar surface area (TPSA) is 19.7 Å². The molecule has 1 atom stereocenters. The first-order valence-corrected chi connectivity index (χ1v) is 13.4. The number of nitrogens with zero attached hydrogens (tertiary/aromatic N) is 1. The first-order valence-electron chi connectivity index (χ1n) is 13.4. The first-order chi connectivity index (χ1) is 14.3. The maximum absolute atomic E-state index is 3.55. The van der Waals surface area contributed by atoms with Crippen molar-refractivity contribution >= 4 is 0 Å². The van der Waals surface area contributed by atoms with Gasteiger partial charge in [0.15, 0.2) is 0 Å². The van der Waals surface area contributed by atoms with Crippen LogP contribution >= 0.6 is 0 Å². The number of aromatic amines is 1. The lowest BCUT2D eigenvalue weighted by Crippen LogP contribution is -2.36. The average molecular weight is 406 g/mol. The molecule has 170 valence electrons. The van der Waals surface area contributed by atoms with Gasteiger partial charge in [-0.3, -0.25) is 0 Å². The van der Waals surface area contributed by atoms with Crippen LogP contribution in [0.2, 0.25) is 0 Å². The third-order valence-corrected chi connectivity index (χ3v) is 6.58. The second-order valence-corrected chi connectivity index (χ2v) is 9.21. The maximum atomic E-state index is 3.55.